The first-order valence-corrected chi connectivity index (χ1v) is 19.3. The van der Waals surface area contributed by atoms with Gasteiger partial charge in [-0.05, 0) is 70.8 Å². The highest BCUT2D eigenvalue weighted by Gasteiger charge is 2.22. The second kappa shape index (κ2) is 11.4. The third-order valence-electron chi connectivity index (χ3n) is 11.9. The van der Waals surface area contributed by atoms with Gasteiger partial charge in [-0.1, -0.05) is 127 Å². The Balaban J connectivity index is 1.14. The first kappa shape index (κ1) is 30.6. The quantitative estimate of drug-likeness (QED) is 0.182. The molecule has 0 aliphatic heterocycles. The lowest BCUT2D eigenvalue weighted by atomic mass is 10.0. The topological polar surface area (TPSA) is 48.8 Å². The van der Waals surface area contributed by atoms with Crippen LogP contribution in [0.2, 0.25) is 0 Å². The van der Waals surface area contributed by atoms with Gasteiger partial charge in [-0.15, -0.1) is 0 Å². The maximum absolute atomic E-state index is 6.23. The van der Waals surface area contributed by atoms with Gasteiger partial charge in [0, 0.05) is 54.3 Å². The number of hydrogen-bond donors (Lipinski definition) is 0. The Labute approximate surface area is 325 Å². The van der Waals surface area contributed by atoms with Gasteiger partial charge in [-0.3, -0.25) is 4.57 Å². The van der Waals surface area contributed by atoms with E-state index in [9.17, 15) is 0 Å². The van der Waals surface area contributed by atoms with Gasteiger partial charge in [-0.25, -0.2) is 9.97 Å². The minimum absolute atomic E-state index is 0.626. The summed E-state index contributed by atoms with van der Waals surface area (Å²) in [6.07, 6.45) is 0. The van der Waals surface area contributed by atoms with E-state index in [1.807, 2.05) is 12.1 Å². The SMILES string of the molecule is c1ccc2c(c1)ccc1c2c2ccc(-n3c4ccccc4c4ccc5ccccc5c43)cc2n1-c1nc(-c2ccc3oc4ccccc4c3c2)c2ccccc2n1. The van der Waals surface area contributed by atoms with E-state index >= 15 is 0 Å². The third kappa shape index (κ3) is 4.28. The second-order valence-electron chi connectivity index (χ2n) is 15.0. The van der Waals surface area contributed by atoms with Crippen molar-refractivity contribution in [3.8, 4) is 22.9 Å². The molecule has 0 unspecified atom stereocenters. The van der Waals surface area contributed by atoms with Crippen molar-refractivity contribution in [1.82, 2.24) is 19.1 Å². The first-order chi connectivity index (χ1) is 28.3. The summed E-state index contributed by atoms with van der Waals surface area (Å²) in [5.74, 6) is 0.626. The van der Waals surface area contributed by atoms with Crippen LogP contribution < -0.4 is 0 Å². The lowest BCUT2D eigenvalue weighted by molar-refractivity contribution is 0.669. The lowest BCUT2D eigenvalue weighted by Crippen LogP contribution is -2.04. The van der Waals surface area contributed by atoms with Crippen LogP contribution in [0.25, 0.3) is 121 Å². The Morgan fingerprint density at radius 3 is 1.96 bits per heavy atom. The van der Waals surface area contributed by atoms with E-state index < -0.39 is 0 Å². The van der Waals surface area contributed by atoms with Gasteiger partial charge in [-0.2, -0.15) is 0 Å². The van der Waals surface area contributed by atoms with Crippen LogP contribution in [0.3, 0.4) is 0 Å². The summed E-state index contributed by atoms with van der Waals surface area (Å²) in [5.41, 5.74) is 10.1. The van der Waals surface area contributed by atoms with Crippen LogP contribution in [-0.4, -0.2) is 19.1 Å². The maximum atomic E-state index is 6.23. The van der Waals surface area contributed by atoms with Crippen LogP contribution in [0.1, 0.15) is 0 Å². The van der Waals surface area contributed by atoms with Crippen molar-refractivity contribution in [3.05, 3.63) is 182 Å². The highest BCUT2D eigenvalue weighted by Crippen LogP contribution is 2.42. The second-order valence-corrected chi connectivity index (χ2v) is 15.0. The molecule has 4 heterocycles. The normalized spacial score (nSPS) is 12.2. The molecule has 0 bridgehead atoms. The van der Waals surface area contributed by atoms with Gasteiger partial charge in [0.25, 0.3) is 0 Å². The number of fused-ring (bicyclic) bond motifs is 14. The molecule has 0 fully saturated rings. The third-order valence-corrected chi connectivity index (χ3v) is 11.9. The zero-order valence-corrected chi connectivity index (χ0v) is 30.5. The van der Waals surface area contributed by atoms with Crippen molar-refractivity contribution in [2.45, 2.75) is 0 Å². The van der Waals surface area contributed by atoms with Gasteiger partial charge in [0.2, 0.25) is 5.95 Å². The molecule has 0 aliphatic carbocycles. The fourth-order valence-corrected chi connectivity index (χ4v) is 9.39. The molecule has 0 amide bonds. The molecule has 0 atom stereocenters. The minimum atomic E-state index is 0.626. The van der Waals surface area contributed by atoms with E-state index in [-0.39, 0.29) is 0 Å². The zero-order chi connectivity index (χ0) is 37.2. The average Bonchev–Trinajstić information content (AvgIpc) is 3.93. The van der Waals surface area contributed by atoms with E-state index in [0.717, 1.165) is 66.2 Å². The molecule has 9 aromatic carbocycles. The number of nitrogens with zero attached hydrogens (tertiary/aromatic N) is 4. The van der Waals surface area contributed by atoms with Gasteiger partial charge >= 0.3 is 0 Å². The summed E-state index contributed by atoms with van der Waals surface area (Å²) < 4.78 is 10.9. The molecule has 5 nitrogen and oxygen atoms in total. The van der Waals surface area contributed by atoms with Crippen LogP contribution >= 0.6 is 0 Å². The molecular weight excluding hydrogens is 697 g/mol. The van der Waals surface area contributed by atoms with Gasteiger partial charge in [0.05, 0.1) is 33.3 Å². The predicted octanol–water partition coefficient (Wildman–Crippen LogP) is 13.7. The highest BCUT2D eigenvalue weighted by molar-refractivity contribution is 6.22. The van der Waals surface area contributed by atoms with Crippen LogP contribution in [-0.2, 0) is 0 Å². The Hall–Kier alpha value is -7.76. The van der Waals surface area contributed by atoms with Crippen LogP contribution in [0.4, 0.5) is 0 Å². The largest absolute Gasteiger partial charge is 0.456 e. The summed E-state index contributed by atoms with van der Waals surface area (Å²) in [6, 6.07) is 64.9. The van der Waals surface area contributed by atoms with Crippen LogP contribution in [0, 0.1) is 0 Å². The fourth-order valence-electron chi connectivity index (χ4n) is 9.39. The number of benzene rings is 9. The smallest absolute Gasteiger partial charge is 0.235 e. The Morgan fingerprint density at radius 1 is 0.386 bits per heavy atom. The molecule has 13 rings (SSSR count). The van der Waals surface area contributed by atoms with Gasteiger partial charge < -0.3 is 8.98 Å². The Bertz CT molecular complexity index is 3830. The van der Waals surface area contributed by atoms with E-state index in [1.165, 1.54) is 48.7 Å². The molecule has 5 heteroatoms. The molecule has 0 aliphatic rings. The number of aromatic nitrogens is 4. The maximum Gasteiger partial charge on any atom is 0.235 e. The fraction of sp³-hybridized carbons (Fsp3) is 0. The summed E-state index contributed by atoms with van der Waals surface area (Å²) in [7, 11) is 0. The lowest BCUT2D eigenvalue weighted by Gasteiger charge is -2.13. The molecule has 13 aromatic rings. The summed E-state index contributed by atoms with van der Waals surface area (Å²) in [6.45, 7) is 0. The van der Waals surface area contributed by atoms with Gasteiger partial charge in [0.1, 0.15) is 11.2 Å². The zero-order valence-electron chi connectivity index (χ0n) is 30.5. The van der Waals surface area contributed by atoms with Crippen molar-refractivity contribution in [1.29, 1.82) is 0 Å². The van der Waals surface area contributed by atoms with Crippen molar-refractivity contribution in [3.63, 3.8) is 0 Å². The Morgan fingerprint density at radius 2 is 1.07 bits per heavy atom. The molecule has 0 saturated carbocycles. The van der Waals surface area contributed by atoms with Crippen molar-refractivity contribution >= 4 is 98.0 Å². The van der Waals surface area contributed by atoms with E-state index in [4.69, 9.17) is 14.4 Å². The number of rotatable bonds is 3. The van der Waals surface area contributed by atoms with E-state index in [2.05, 4.69) is 179 Å². The number of furan rings is 1. The standard InChI is InChI=1S/C52H30N4O/c1-3-13-35-31(11-1)22-27-45-49(35)41-26-24-34(55-44-19-9-6-15-37(44)39-25-21-32-12-2-4-14-36(32)51(39)55)30-46(41)56(45)52-53-43-18-8-5-17-40(43)50(54-52)33-23-28-48-42(29-33)38-16-7-10-20-47(38)57-48/h1-30H. The molecule has 0 spiro atoms. The summed E-state index contributed by atoms with van der Waals surface area (Å²) >= 11 is 0. The molecule has 57 heavy (non-hydrogen) atoms. The minimum Gasteiger partial charge on any atom is -0.456 e. The van der Waals surface area contributed by atoms with Crippen LogP contribution in [0.15, 0.2) is 186 Å². The monoisotopic (exact) mass is 726 g/mol. The van der Waals surface area contributed by atoms with E-state index in [1.54, 1.807) is 0 Å². The van der Waals surface area contributed by atoms with Crippen molar-refractivity contribution in [2.24, 2.45) is 0 Å². The predicted molar refractivity (Wildman–Crippen MR) is 236 cm³/mol. The molecule has 0 saturated heterocycles. The molecule has 0 radical (unpaired) electrons. The summed E-state index contributed by atoms with van der Waals surface area (Å²) in [4.78, 5) is 10.9. The number of para-hydroxylation sites is 3. The van der Waals surface area contributed by atoms with Crippen molar-refractivity contribution < 1.29 is 4.42 Å². The molecule has 0 N–H and O–H groups in total. The summed E-state index contributed by atoms with van der Waals surface area (Å²) in [5, 5.41) is 12.8. The van der Waals surface area contributed by atoms with Crippen LogP contribution in [0.5, 0.6) is 0 Å². The van der Waals surface area contributed by atoms with Gasteiger partial charge in [0.15, 0.2) is 0 Å². The first-order valence-electron chi connectivity index (χ1n) is 19.3. The molecule has 4 aromatic heterocycles. The highest BCUT2D eigenvalue weighted by atomic mass is 16.3. The van der Waals surface area contributed by atoms with Crippen molar-refractivity contribution in [2.75, 3.05) is 0 Å². The number of hydrogen-bond acceptors (Lipinski definition) is 3. The Kier molecular flexibility index (Phi) is 6.10. The molecular formula is C52H30N4O. The average molecular weight is 727 g/mol. The molecule has 264 valence electrons. The van der Waals surface area contributed by atoms with E-state index in [0.29, 0.717) is 5.95 Å².